The Morgan fingerprint density at radius 2 is 2.00 bits per heavy atom. The van der Waals surface area contributed by atoms with E-state index in [1.807, 2.05) is 0 Å². The molecule has 106 valence electrons. The predicted octanol–water partition coefficient (Wildman–Crippen LogP) is 0.844. The fourth-order valence-corrected chi connectivity index (χ4v) is 2.07. The summed E-state index contributed by atoms with van der Waals surface area (Å²) in [4.78, 5) is 11.2. The van der Waals surface area contributed by atoms with Gasteiger partial charge >= 0.3 is 18.1 Å². The van der Waals surface area contributed by atoms with Gasteiger partial charge in [-0.3, -0.25) is 0 Å². The van der Waals surface area contributed by atoms with Crippen LogP contribution in [0, 0.1) is 17.0 Å². The van der Waals surface area contributed by atoms with Gasteiger partial charge in [-0.15, -0.1) is 13.2 Å². The SMILES string of the molecule is Cc1cc([N+](=O)[O-])nc(OC(F)(F)F)c1S(N)(=O)=O. The second-order valence-electron chi connectivity index (χ2n) is 3.28. The highest BCUT2D eigenvalue weighted by atomic mass is 32.2. The maximum atomic E-state index is 12.1. The molecule has 1 heterocycles. The van der Waals surface area contributed by atoms with Gasteiger partial charge < -0.3 is 14.9 Å². The van der Waals surface area contributed by atoms with Gasteiger partial charge in [0.1, 0.15) is 0 Å². The number of aromatic nitrogens is 1. The summed E-state index contributed by atoms with van der Waals surface area (Å²) in [5.74, 6) is -2.48. The van der Waals surface area contributed by atoms with E-state index in [1.165, 1.54) is 0 Å². The van der Waals surface area contributed by atoms with Crippen LogP contribution in [-0.4, -0.2) is 24.7 Å². The number of nitro groups is 1. The molecule has 8 nitrogen and oxygen atoms in total. The van der Waals surface area contributed by atoms with E-state index in [9.17, 15) is 31.7 Å². The second-order valence-corrected chi connectivity index (χ2v) is 4.78. The van der Waals surface area contributed by atoms with E-state index in [0.29, 0.717) is 6.07 Å². The average molecular weight is 301 g/mol. The van der Waals surface area contributed by atoms with Crippen molar-refractivity contribution in [2.45, 2.75) is 18.2 Å². The molecule has 0 aliphatic rings. The molecule has 0 atom stereocenters. The molecule has 1 rings (SSSR count). The van der Waals surface area contributed by atoms with Crippen molar-refractivity contribution in [3.05, 3.63) is 21.7 Å². The van der Waals surface area contributed by atoms with Crippen molar-refractivity contribution >= 4 is 15.8 Å². The molecule has 0 aromatic carbocycles. The molecule has 12 heteroatoms. The van der Waals surface area contributed by atoms with Crippen LogP contribution in [0.15, 0.2) is 11.0 Å². The standard InChI is InChI=1S/C7H6F3N3O5S/c1-3-2-4(13(14)15)12-6(18-7(8,9)10)5(3)19(11,16)17/h2H,1H3,(H2,11,16,17). The minimum atomic E-state index is -5.27. The molecule has 0 radical (unpaired) electrons. The number of pyridine rings is 1. The highest BCUT2D eigenvalue weighted by molar-refractivity contribution is 7.89. The van der Waals surface area contributed by atoms with E-state index in [1.54, 1.807) is 0 Å². The summed E-state index contributed by atoms with van der Waals surface area (Å²) in [5.41, 5.74) is -0.386. The number of rotatable bonds is 3. The number of primary sulfonamides is 1. The van der Waals surface area contributed by atoms with Crippen LogP contribution in [-0.2, 0) is 10.0 Å². The molecule has 0 spiro atoms. The molecular formula is C7H6F3N3O5S. The van der Waals surface area contributed by atoms with Crippen LogP contribution in [0.4, 0.5) is 19.0 Å². The first-order valence-electron chi connectivity index (χ1n) is 4.36. The topological polar surface area (TPSA) is 125 Å². The predicted molar refractivity (Wildman–Crippen MR) is 53.7 cm³/mol. The van der Waals surface area contributed by atoms with Crippen LogP contribution in [0.1, 0.15) is 5.56 Å². The largest absolute Gasteiger partial charge is 0.575 e. The Morgan fingerprint density at radius 3 is 2.37 bits per heavy atom. The number of sulfonamides is 1. The zero-order chi connectivity index (χ0) is 15.0. The van der Waals surface area contributed by atoms with E-state index in [-0.39, 0.29) is 5.56 Å². The molecule has 0 saturated carbocycles. The lowest BCUT2D eigenvalue weighted by atomic mass is 10.3. The summed E-state index contributed by atoms with van der Waals surface area (Å²) < 4.78 is 62.0. The second kappa shape index (κ2) is 4.62. The van der Waals surface area contributed by atoms with Crippen LogP contribution in [0.2, 0.25) is 0 Å². The fraction of sp³-hybridized carbons (Fsp3) is 0.286. The highest BCUT2D eigenvalue weighted by Crippen LogP contribution is 2.31. The monoisotopic (exact) mass is 301 g/mol. The Bertz CT molecular complexity index is 628. The fourth-order valence-electron chi connectivity index (χ4n) is 1.23. The van der Waals surface area contributed by atoms with Crippen LogP contribution >= 0.6 is 0 Å². The minimum absolute atomic E-state index is 0.386. The Balaban J connectivity index is 3.59. The van der Waals surface area contributed by atoms with E-state index in [2.05, 4.69) is 9.72 Å². The summed E-state index contributed by atoms with van der Waals surface area (Å²) in [6.07, 6.45) is -5.27. The summed E-state index contributed by atoms with van der Waals surface area (Å²) in [7, 11) is -4.59. The molecule has 1 aromatic heterocycles. The van der Waals surface area contributed by atoms with E-state index < -0.39 is 37.9 Å². The Kier molecular flexibility index (Phi) is 3.67. The van der Waals surface area contributed by atoms with Gasteiger partial charge in [-0.2, -0.15) is 0 Å². The number of ether oxygens (including phenoxy) is 1. The molecule has 0 unspecified atom stereocenters. The van der Waals surface area contributed by atoms with Crippen molar-refractivity contribution in [1.29, 1.82) is 0 Å². The van der Waals surface area contributed by atoms with E-state index in [0.717, 1.165) is 6.92 Å². The number of nitrogens with two attached hydrogens (primary N) is 1. The molecule has 0 fully saturated rings. The maximum Gasteiger partial charge on any atom is 0.575 e. The lowest BCUT2D eigenvalue weighted by Crippen LogP contribution is -2.23. The van der Waals surface area contributed by atoms with E-state index >= 15 is 0 Å². The van der Waals surface area contributed by atoms with Crippen molar-refractivity contribution in [3.63, 3.8) is 0 Å². The zero-order valence-electron chi connectivity index (χ0n) is 9.13. The van der Waals surface area contributed by atoms with Crippen LogP contribution in [0.3, 0.4) is 0 Å². The van der Waals surface area contributed by atoms with Crippen molar-refractivity contribution in [3.8, 4) is 5.88 Å². The molecule has 0 amide bonds. The first kappa shape index (κ1) is 15.1. The first-order chi connectivity index (χ1) is 8.42. The average Bonchev–Trinajstić information content (AvgIpc) is 2.10. The third kappa shape index (κ3) is 3.75. The minimum Gasteiger partial charge on any atom is -0.365 e. The summed E-state index contributed by atoms with van der Waals surface area (Å²) in [5, 5.41) is 15.2. The molecule has 0 saturated heterocycles. The maximum absolute atomic E-state index is 12.1. The van der Waals surface area contributed by atoms with Crippen LogP contribution in [0.25, 0.3) is 0 Å². The van der Waals surface area contributed by atoms with Gasteiger partial charge in [0.25, 0.3) is 0 Å². The van der Waals surface area contributed by atoms with Gasteiger partial charge in [0.2, 0.25) is 10.0 Å². The van der Waals surface area contributed by atoms with Crippen molar-refractivity contribution in [2.24, 2.45) is 5.14 Å². The molecule has 2 N–H and O–H groups in total. The lowest BCUT2D eigenvalue weighted by Gasteiger charge is -2.09. The first-order valence-corrected chi connectivity index (χ1v) is 5.91. The molecule has 0 aliphatic heterocycles. The van der Waals surface area contributed by atoms with Crippen molar-refractivity contribution < 1.29 is 31.2 Å². The van der Waals surface area contributed by atoms with Gasteiger partial charge in [0.05, 0.1) is 0 Å². The molecule has 0 aliphatic carbocycles. The van der Waals surface area contributed by atoms with Gasteiger partial charge in [-0.25, -0.2) is 13.6 Å². The molecule has 0 bridgehead atoms. The Labute approximate surface area is 104 Å². The summed E-state index contributed by atoms with van der Waals surface area (Å²) in [6.45, 7) is 1.03. The van der Waals surface area contributed by atoms with Gasteiger partial charge in [-0.05, 0) is 17.4 Å². The normalized spacial score (nSPS) is 12.3. The zero-order valence-corrected chi connectivity index (χ0v) is 9.95. The van der Waals surface area contributed by atoms with Crippen molar-refractivity contribution in [2.75, 3.05) is 0 Å². The number of hydrogen-bond donors (Lipinski definition) is 1. The highest BCUT2D eigenvalue weighted by Gasteiger charge is 2.38. The Morgan fingerprint density at radius 1 is 1.47 bits per heavy atom. The number of nitrogens with zero attached hydrogens (tertiary/aromatic N) is 2. The van der Waals surface area contributed by atoms with Crippen LogP contribution < -0.4 is 9.88 Å². The smallest absolute Gasteiger partial charge is 0.365 e. The van der Waals surface area contributed by atoms with Gasteiger partial charge in [0.15, 0.2) is 4.90 Å². The number of alkyl halides is 3. The molecular weight excluding hydrogens is 295 g/mol. The quantitative estimate of drug-likeness (QED) is 0.651. The van der Waals surface area contributed by atoms with Gasteiger partial charge in [0, 0.05) is 11.1 Å². The third-order valence-corrected chi connectivity index (χ3v) is 2.86. The van der Waals surface area contributed by atoms with Crippen LogP contribution in [0.5, 0.6) is 5.88 Å². The summed E-state index contributed by atoms with van der Waals surface area (Å²) in [6, 6.07) is 0.670. The summed E-state index contributed by atoms with van der Waals surface area (Å²) >= 11 is 0. The third-order valence-electron chi connectivity index (χ3n) is 1.80. The number of aryl methyl sites for hydroxylation is 1. The van der Waals surface area contributed by atoms with Gasteiger partial charge in [-0.1, -0.05) is 0 Å². The lowest BCUT2D eigenvalue weighted by molar-refractivity contribution is -0.390. The Hall–Kier alpha value is -1.95. The number of halogens is 3. The van der Waals surface area contributed by atoms with Crippen molar-refractivity contribution in [1.82, 2.24) is 4.98 Å². The number of hydrogen-bond acceptors (Lipinski definition) is 6. The van der Waals surface area contributed by atoms with E-state index in [4.69, 9.17) is 5.14 Å². The molecule has 19 heavy (non-hydrogen) atoms. The molecule has 1 aromatic rings.